The third kappa shape index (κ3) is 5.50. The fourth-order valence-corrected chi connectivity index (χ4v) is 2.39. The van der Waals surface area contributed by atoms with Crippen LogP contribution < -0.4 is 5.32 Å². The molecule has 0 aromatic heterocycles. The highest BCUT2D eigenvalue weighted by Gasteiger charge is 2.26. The van der Waals surface area contributed by atoms with Crippen molar-refractivity contribution in [2.45, 2.75) is 25.7 Å². The van der Waals surface area contributed by atoms with Gasteiger partial charge < -0.3 is 24.4 Å². The molecule has 24 heavy (non-hydrogen) atoms. The summed E-state index contributed by atoms with van der Waals surface area (Å²) in [6.07, 6.45) is -0.539. The SMILES string of the molecule is COC(=O)C(C)NCC1CN(C(=O)OCc2ccccc2)CCO1. The number of nitrogens with zero attached hydrogens (tertiary/aromatic N) is 1. The highest BCUT2D eigenvalue weighted by atomic mass is 16.6. The van der Waals surface area contributed by atoms with Gasteiger partial charge in [0.1, 0.15) is 12.6 Å². The maximum absolute atomic E-state index is 12.2. The standard InChI is InChI=1S/C17H24N2O5/c1-13(16(20)22-2)18-10-15-11-19(8-9-23-15)17(21)24-12-14-6-4-3-5-7-14/h3-7,13,15,18H,8-12H2,1-2H3. The van der Waals surface area contributed by atoms with Crippen molar-refractivity contribution < 1.29 is 23.8 Å². The number of carbonyl (C=O) groups excluding carboxylic acids is 2. The van der Waals surface area contributed by atoms with E-state index in [9.17, 15) is 9.59 Å². The first-order chi connectivity index (χ1) is 11.6. The van der Waals surface area contributed by atoms with Crippen molar-refractivity contribution in [3.63, 3.8) is 0 Å². The number of amides is 1. The first kappa shape index (κ1) is 18.2. The maximum atomic E-state index is 12.2. The molecule has 0 aliphatic carbocycles. The number of rotatable bonds is 6. The summed E-state index contributed by atoms with van der Waals surface area (Å²) >= 11 is 0. The van der Waals surface area contributed by atoms with Crippen molar-refractivity contribution in [2.75, 3.05) is 33.4 Å². The molecule has 0 saturated carbocycles. The summed E-state index contributed by atoms with van der Waals surface area (Å²) in [6, 6.07) is 9.13. The van der Waals surface area contributed by atoms with Gasteiger partial charge in [-0.05, 0) is 12.5 Å². The fourth-order valence-electron chi connectivity index (χ4n) is 2.39. The quantitative estimate of drug-likeness (QED) is 0.786. The van der Waals surface area contributed by atoms with Crippen LogP contribution in [0.3, 0.4) is 0 Å². The molecule has 2 unspecified atom stereocenters. The van der Waals surface area contributed by atoms with Gasteiger partial charge in [0.25, 0.3) is 0 Å². The minimum absolute atomic E-state index is 0.185. The van der Waals surface area contributed by atoms with E-state index in [1.54, 1.807) is 11.8 Å². The van der Waals surface area contributed by atoms with E-state index in [0.29, 0.717) is 26.2 Å². The Labute approximate surface area is 141 Å². The van der Waals surface area contributed by atoms with Crippen molar-refractivity contribution in [1.29, 1.82) is 0 Å². The van der Waals surface area contributed by atoms with E-state index in [0.717, 1.165) is 5.56 Å². The van der Waals surface area contributed by atoms with Gasteiger partial charge in [0.05, 0.1) is 26.4 Å². The number of hydrogen-bond acceptors (Lipinski definition) is 6. The molecule has 1 saturated heterocycles. The number of carbonyl (C=O) groups is 2. The molecule has 2 atom stereocenters. The van der Waals surface area contributed by atoms with Gasteiger partial charge in [-0.1, -0.05) is 30.3 Å². The van der Waals surface area contributed by atoms with Crippen molar-refractivity contribution in [3.05, 3.63) is 35.9 Å². The van der Waals surface area contributed by atoms with Crippen LogP contribution in [0.2, 0.25) is 0 Å². The second kappa shape index (κ2) is 9.24. The maximum Gasteiger partial charge on any atom is 0.410 e. The molecule has 1 heterocycles. The molecular formula is C17H24N2O5. The Morgan fingerprint density at radius 2 is 2.12 bits per heavy atom. The summed E-state index contributed by atoms with van der Waals surface area (Å²) < 4.78 is 15.6. The largest absolute Gasteiger partial charge is 0.468 e. The van der Waals surface area contributed by atoms with Crippen LogP contribution in [0.1, 0.15) is 12.5 Å². The number of ether oxygens (including phenoxy) is 3. The van der Waals surface area contributed by atoms with Crippen LogP contribution in [-0.4, -0.2) is 62.5 Å². The molecular weight excluding hydrogens is 312 g/mol. The molecule has 7 nitrogen and oxygen atoms in total. The Kier molecular flexibility index (Phi) is 7.02. The molecule has 2 rings (SSSR count). The second-order valence-corrected chi connectivity index (χ2v) is 5.63. The Bertz CT molecular complexity index is 537. The van der Waals surface area contributed by atoms with E-state index in [4.69, 9.17) is 9.47 Å². The molecule has 1 aliphatic heterocycles. The van der Waals surface area contributed by atoms with E-state index in [2.05, 4.69) is 10.1 Å². The van der Waals surface area contributed by atoms with Gasteiger partial charge >= 0.3 is 12.1 Å². The Balaban J connectivity index is 1.75. The lowest BCUT2D eigenvalue weighted by atomic mass is 10.2. The smallest absolute Gasteiger partial charge is 0.410 e. The summed E-state index contributed by atoms with van der Waals surface area (Å²) in [5.41, 5.74) is 0.948. The van der Waals surface area contributed by atoms with E-state index in [1.807, 2.05) is 30.3 Å². The minimum Gasteiger partial charge on any atom is -0.468 e. The van der Waals surface area contributed by atoms with Gasteiger partial charge in [0.2, 0.25) is 0 Å². The second-order valence-electron chi connectivity index (χ2n) is 5.63. The molecule has 7 heteroatoms. The average molecular weight is 336 g/mol. The first-order valence-corrected chi connectivity index (χ1v) is 7.98. The lowest BCUT2D eigenvalue weighted by Crippen LogP contribution is -2.50. The summed E-state index contributed by atoms with van der Waals surface area (Å²) in [5.74, 6) is -0.329. The molecule has 1 aromatic carbocycles. The third-order valence-electron chi connectivity index (χ3n) is 3.81. The van der Waals surface area contributed by atoms with Gasteiger partial charge in [0, 0.05) is 13.1 Å². The minimum atomic E-state index is -0.418. The number of hydrogen-bond donors (Lipinski definition) is 1. The Hall–Kier alpha value is -2.12. The van der Waals surface area contributed by atoms with Crippen molar-refractivity contribution >= 4 is 12.1 Å². The highest BCUT2D eigenvalue weighted by molar-refractivity contribution is 5.75. The van der Waals surface area contributed by atoms with E-state index >= 15 is 0 Å². The van der Waals surface area contributed by atoms with E-state index in [-0.39, 0.29) is 24.8 Å². The molecule has 1 fully saturated rings. The van der Waals surface area contributed by atoms with Gasteiger partial charge in [-0.3, -0.25) is 4.79 Å². The van der Waals surface area contributed by atoms with Crippen LogP contribution in [0, 0.1) is 0 Å². The number of methoxy groups -OCH3 is 1. The van der Waals surface area contributed by atoms with Crippen LogP contribution >= 0.6 is 0 Å². The molecule has 1 aliphatic rings. The zero-order valence-electron chi connectivity index (χ0n) is 14.1. The lowest BCUT2D eigenvalue weighted by Gasteiger charge is -2.32. The van der Waals surface area contributed by atoms with Crippen molar-refractivity contribution in [1.82, 2.24) is 10.2 Å². The summed E-state index contributed by atoms with van der Waals surface area (Å²) in [5, 5.41) is 3.04. The number of nitrogens with one attached hydrogen (secondary N) is 1. The summed E-state index contributed by atoms with van der Waals surface area (Å²) in [4.78, 5) is 25.2. The number of esters is 1. The van der Waals surface area contributed by atoms with Crippen molar-refractivity contribution in [3.8, 4) is 0 Å². The highest BCUT2D eigenvalue weighted by Crippen LogP contribution is 2.09. The number of morpholine rings is 1. The molecule has 1 amide bonds. The van der Waals surface area contributed by atoms with E-state index < -0.39 is 6.04 Å². The van der Waals surface area contributed by atoms with Gasteiger partial charge in [-0.25, -0.2) is 4.79 Å². The summed E-state index contributed by atoms with van der Waals surface area (Å²) in [6.45, 7) is 3.79. The predicted octanol–water partition coefficient (Wildman–Crippen LogP) is 1.18. The van der Waals surface area contributed by atoms with Crippen LogP contribution in [0.5, 0.6) is 0 Å². The zero-order chi connectivity index (χ0) is 17.4. The topological polar surface area (TPSA) is 77.1 Å². The van der Waals surface area contributed by atoms with Crippen LogP contribution in [0.15, 0.2) is 30.3 Å². The number of benzene rings is 1. The lowest BCUT2D eigenvalue weighted by molar-refractivity contribution is -0.142. The van der Waals surface area contributed by atoms with Crippen LogP contribution in [0.4, 0.5) is 4.79 Å². The molecule has 1 aromatic rings. The monoisotopic (exact) mass is 336 g/mol. The predicted molar refractivity (Wildman–Crippen MR) is 87.4 cm³/mol. The molecule has 0 bridgehead atoms. The first-order valence-electron chi connectivity index (χ1n) is 7.98. The molecule has 0 radical (unpaired) electrons. The summed E-state index contributed by atoms with van der Waals surface area (Å²) in [7, 11) is 1.35. The van der Waals surface area contributed by atoms with Crippen molar-refractivity contribution in [2.24, 2.45) is 0 Å². The Morgan fingerprint density at radius 1 is 1.38 bits per heavy atom. The van der Waals surface area contributed by atoms with Crippen LogP contribution in [-0.2, 0) is 25.6 Å². The van der Waals surface area contributed by atoms with Crippen LogP contribution in [0.25, 0.3) is 0 Å². The fraction of sp³-hybridized carbons (Fsp3) is 0.529. The van der Waals surface area contributed by atoms with Gasteiger partial charge in [-0.15, -0.1) is 0 Å². The third-order valence-corrected chi connectivity index (χ3v) is 3.81. The molecule has 1 N–H and O–H groups in total. The zero-order valence-corrected chi connectivity index (χ0v) is 14.1. The molecule has 0 spiro atoms. The van der Waals surface area contributed by atoms with Gasteiger partial charge in [-0.2, -0.15) is 0 Å². The van der Waals surface area contributed by atoms with Gasteiger partial charge in [0.15, 0.2) is 0 Å². The normalized spacial score (nSPS) is 18.8. The van der Waals surface area contributed by atoms with E-state index in [1.165, 1.54) is 7.11 Å². The average Bonchev–Trinajstić information content (AvgIpc) is 2.64. The Morgan fingerprint density at radius 3 is 2.83 bits per heavy atom. The molecule has 132 valence electrons.